The first-order valence-corrected chi connectivity index (χ1v) is 43.2. The van der Waals surface area contributed by atoms with Gasteiger partial charge < -0.3 is 87.1 Å². The minimum Gasteiger partial charge on any atom is -0.495 e. The average molecular weight is 1870 g/mol. The molecule has 6 aliphatic rings. The highest BCUT2D eigenvalue weighted by molar-refractivity contribution is 6.30. The van der Waals surface area contributed by atoms with Gasteiger partial charge in [0.25, 0.3) is 51.8 Å². The Morgan fingerprint density at radius 2 is 0.910 bits per heavy atom. The number of alkyl halides is 3. The second kappa shape index (κ2) is 38.6. The van der Waals surface area contributed by atoms with Gasteiger partial charge in [0, 0.05) is 135 Å². The zero-order chi connectivity index (χ0) is 94.0. The van der Waals surface area contributed by atoms with E-state index in [1.807, 2.05) is 12.3 Å². The molecule has 14 aromatic heterocycles. The summed E-state index contributed by atoms with van der Waals surface area (Å²) in [6.45, 7) is 1.13. The van der Waals surface area contributed by atoms with E-state index in [1.54, 1.807) is 105 Å². The van der Waals surface area contributed by atoms with E-state index >= 15 is 0 Å². The van der Waals surface area contributed by atoms with Gasteiger partial charge in [-0.3, -0.25) is 52.2 Å². The van der Waals surface area contributed by atoms with E-state index in [0.29, 0.717) is 76.5 Å². The molecular weight excluding hydrogens is 1770 g/mol. The van der Waals surface area contributed by atoms with Crippen LogP contribution in [0.5, 0.6) is 5.75 Å². The van der Waals surface area contributed by atoms with E-state index in [0.717, 1.165) is 66.6 Å². The summed E-state index contributed by atoms with van der Waals surface area (Å²) < 4.78 is 97.0. The molecule has 15 heterocycles. The first-order chi connectivity index (χ1) is 64.7. The number of carbonyl (C=O) groups is 4. The quantitative estimate of drug-likeness (QED) is 0.0225. The standard InChI is InChI=1S/C23H29N7O3.C22H20F2N8O3.C21H23ClFN7O3.C20H19F2N9O2/c1-24-20-12-19(28-21-17(13-25-30(20)21)22(31)26-14-8-9-14)27-18-7-4-10-29(23(18)32)15-5-3-6-16(11-15)33-2;1-25-18-8-17(30-19-12(10-27-32(18)19)21(33)29-16-7-13(16)23)28-15-4-3-5-31(22(15)34)20-14(24)6-11(35-2)9-26-20;1-24-18-7-17(28-19-13(8-25-30(18)19)20(31)27-15-6-14(15)23)26-16-5-11(22)9-29(21(16)32)12-3-2-4-33-10-12;1-23-16-7-15(27-18-10(8-24-31(16)18)19(32)26-13-6-11(13)21)25-12-4-3-5-30(20(12)33)14-9-29(2)28-17(14)22/h4,7,10,12-16,24H,3,5-6,8-9,11H2,1-2H3,(H,26,31)(H,27,28);3-6,8-10,13,16,25H,7H2,1-2H3,(H,28,30)(H,29,33);5,7-9,12,14-15,24H,2-4,6,10H2,1H3,(H,26,28)(H,27,31);3-5,7-9,11,13,23H,6H2,1-2H3,(H,25,27)(H,26,32)/t15-,16+;13-,16+;12?,14-,15+;11-,13+/m1111/s1. The maximum absolute atomic E-state index is 14.5. The Morgan fingerprint density at radius 3 is 1.32 bits per heavy atom. The van der Waals surface area contributed by atoms with Crippen molar-refractivity contribution in [3.8, 4) is 17.3 Å². The van der Waals surface area contributed by atoms with E-state index in [9.17, 15) is 60.3 Å². The van der Waals surface area contributed by atoms with Crippen molar-refractivity contribution in [3.05, 3.63) is 215 Å². The Balaban J connectivity index is 0.000000124. The summed E-state index contributed by atoms with van der Waals surface area (Å²) in [6.07, 6.45) is 20.0. The maximum atomic E-state index is 14.5. The monoisotopic (exact) mass is 1860 g/mol. The number of rotatable bonds is 26. The van der Waals surface area contributed by atoms with Crippen molar-refractivity contribution in [1.29, 1.82) is 0 Å². The smallest absolute Gasteiger partial charge is 0.280 e. The fraction of sp³-hybridized carbons (Fsp3) is 0.349. The number of methoxy groups -OCH3 is 2. The number of aromatic nitrogens is 19. The number of carbonyl (C=O) groups excluding carboxylic acids is 4. The van der Waals surface area contributed by atoms with Gasteiger partial charge in [0.2, 0.25) is 0 Å². The Bertz CT molecular complexity index is 7110. The van der Waals surface area contributed by atoms with Crippen LogP contribution in [0.3, 0.4) is 0 Å². The largest absolute Gasteiger partial charge is 0.495 e. The predicted octanol–water partition coefficient (Wildman–Crippen LogP) is 8.65. The number of pyridine rings is 5. The van der Waals surface area contributed by atoms with Crippen molar-refractivity contribution in [3.63, 3.8) is 0 Å². The van der Waals surface area contributed by atoms with Gasteiger partial charge in [-0.15, -0.1) is 5.10 Å². The third kappa shape index (κ3) is 19.5. The number of hydrogen-bond acceptors (Lipinski definition) is 29. The second-order valence-corrected chi connectivity index (χ2v) is 32.8. The number of nitrogens with one attached hydrogen (secondary N) is 12. The lowest BCUT2D eigenvalue weighted by atomic mass is 9.92. The third-order valence-corrected chi connectivity index (χ3v) is 23.2. The minimum atomic E-state index is -1.05. The molecule has 6 fully saturated rings. The van der Waals surface area contributed by atoms with Crippen molar-refractivity contribution in [2.45, 2.75) is 131 Å². The molecule has 1 unspecified atom stereocenters. The van der Waals surface area contributed by atoms with Crippen LogP contribution in [-0.4, -0.2) is 219 Å². The van der Waals surface area contributed by atoms with Gasteiger partial charge in [0.15, 0.2) is 34.2 Å². The summed E-state index contributed by atoms with van der Waals surface area (Å²) in [6, 6.07) is 17.8. The van der Waals surface area contributed by atoms with E-state index in [-0.39, 0.29) is 134 Å². The Morgan fingerprint density at radius 1 is 0.485 bits per heavy atom. The van der Waals surface area contributed by atoms with Crippen LogP contribution >= 0.6 is 11.6 Å². The van der Waals surface area contributed by atoms with Crippen LogP contribution in [0.25, 0.3) is 34.1 Å². The summed E-state index contributed by atoms with van der Waals surface area (Å²) in [4.78, 5) is 125. The maximum Gasteiger partial charge on any atom is 0.280 e. The topological polar surface area (TPSA) is 480 Å². The fourth-order valence-electron chi connectivity index (χ4n) is 15.4. The van der Waals surface area contributed by atoms with Gasteiger partial charge in [-0.1, -0.05) is 11.6 Å². The summed E-state index contributed by atoms with van der Waals surface area (Å²) >= 11 is 6.31. The van der Waals surface area contributed by atoms with E-state index in [4.69, 9.17) is 25.8 Å². The van der Waals surface area contributed by atoms with Crippen LogP contribution in [0, 0.1) is 11.8 Å². The molecule has 698 valence electrons. The predicted molar refractivity (Wildman–Crippen MR) is 485 cm³/mol. The highest BCUT2D eigenvalue weighted by atomic mass is 35.5. The number of aryl methyl sites for hydroxylation is 1. The van der Waals surface area contributed by atoms with E-state index < -0.39 is 77.2 Å². The molecule has 14 aromatic rings. The zero-order valence-corrected chi connectivity index (χ0v) is 73.7. The number of nitrogens with zero attached hydrogens (tertiary/aromatic N) is 19. The molecule has 4 amide bonds. The van der Waals surface area contributed by atoms with Crippen molar-refractivity contribution < 1.29 is 55.3 Å². The number of amides is 4. The van der Waals surface area contributed by atoms with Crippen molar-refractivity contribution in [2.24, 2.45) is 7.05 Å². The van der Waals surface area contributed by atoms with Gasteiger partial charge >= 0.3 is 0 Å². The van der Waals surface area contributed by atoms with Crippen molar-refractivity contribution in [1.82, 2.24) is 113 Å². The lowest BCUT2D eigenvalue weighted by molar-refractivity contribution is 0.0524. The first-order valence-electron chi connectivity index (χ1n) is 42.8. The lowest BCUT2D eigenvalue weighted by Crippen LogP contribution is -2.31. The van der Waals surface area contributed by atoms with Crippen LogP contribution in [-0.2, 0) is 16.5 Å². The zero-order valence-electron chi connectivity index (χ0n) is 72.9. The first kappa shape index (κ1) is 90.5. The number of fused-ring (bicyclic) bond motifs is 4. The molecule has 48 heteroatoms. The Kier molecular flexibility index (Phi) is 26.0. The molecule has 1 aliphatic heterocycles. The molecule has 134 heavy (non-hydrogen) atoms. The number of hydrogen-bond donors (Lipinski definition) is 12. The molecule has 9 atom stereocenters. The fourth-order valence-corrected chi connectivity index (χ4v) is 15.6. The SMILES string of the molecule is CNc1cc(Nc2cc(Cl)cn(C3CCCOC3)c2=O)nc2c(C(=O)N[C@H]3C[C@H]3F)cnn12.CNc1cc(Nc2cccn(-c3cn(C)nc3F)c2=O)nc2c(C(=O)N[C@H]3C[C@H]3F)cnn12.CNc1cc(Nc2cccn(-c3ncc(OC)cc3F)c2=O)nc2c(C(=O)N[C@H]3C[C@H]3F)cnn12.CNc1cc(Nc2cccn([C@@H]3CCC[C@H](OC)C3)c2=O)nc2c(C(=O)NC3CC3)cnn12. The van der Waals surface area contributed by atoms with Gasteiger partial charge in [0.05, 0.1) is 86.2 Å². The van der Waals surface area contributed by atoms with Gasteiger partial charge in [0.1, 0.15) is 121 Å². The number of halogens is 6. The van der Waals surface area contributed by atoms with Gasteiger partial charge in [-0.2, -0.15) is 42.8 Å². The van der Waals surface area contributed by atoms with Crippen LogP contribution in [0.1, 0.15) is 124 Å². The number of anilines is 12. The minimum absolute atomic E-state index is 0.00599. The van der Waals surface area contributed by atoms with E-state index in [2.05, 4.69) is 114 Å². The molecule has 0 bridgehead atoms. The van der Waals surface area contributed by atoms with Crippen LogP contribution < -0.4 is 90.8 Å². The molecule has 0 aromatic carbocycles. The molecule has 5 aliphatic carbocycles. The summed E-state index contributed by atoms with van der Waals surface area (Å²) in [5, 5.41) is 55.8. The average Bonchev–Trinajstić information content (AvgIpc) is 1.62. The van der Waals surface area contributed by atoms with Gasteiger partial charge in [-0.05, 0) is 93.8 Å². The Labute approximate surface area is 760 Å². The molecule has 42 nitrogen and oxygen atoms in total. The number of ether oxygens (including phenoxy) is 3. The van der Waals surface area contributed by atoms with E-state index in [1.165, 1.54) is 93.1 Å². The van der Waals surface area contributed by atoms with Crippen LogP contribution in [0.2, 0.25) is 5.02 Å². The highest BCUT2D eigenvalue weighted by Crippen LogP contribution is 2.35. The summed E-state index contributed by atoms with van der Waals surface area (Å²) in [5.41, 5.74) is 1.47. The third-order valence-electron chi connectivity index (χ3n) is 23.0. The molecule has 5 saturated carbocycles. The highest BCUT2D eigenvalue weighted by Gasteiger charge is 2.42. The molecule has 0 spiro atoms. The summed E-state index contributed by atoms with van der Waals surface area (Å²) in [5.74, 6) is 0.290. The molecule has 1 saturated heterocycles. The van der Waals surface area contributed by atoms with Crippen molar-refractivity contribution >= 4 is 127 Å². The molecule has 20 rings (SSSR count). The van der Waals surface area contributed by atoms with Gasteiger partial charge in [-0.25, -0.2) is 42.5 Å². The molecule has 12 N–H and O–H groups in total. The normalized spacial score (nSPS) is 19.1. The Hall–Kier alpha value is -15.4. The molecule has 0 radical (unpaired) electrons. The lowest BCUT2D eigenvalue weighted by Gasteiger charge is -2.29. The molecular formula is C86H91ClF5N31O11. The second-order valence-electron chi connectivity index (χ2n) is 32.3. The van der Waals surface area contributed by atoms with Crippen molar-refractivity contribution in [2.75, 3.05) is 98.2 Å². The summed E-state index contributed by atoms with van der Waals surface area (Å²) in [7, 11) is 11.5. The van der Waals surface area contributed by atoms with Crippen LogP contribution in [0.15, 0.2) is 154 Å². The van der Waals surface area contributed by atoms with Crippen LogP contribution in [0.4, 0.5) is 91.2 Å².